The first-order valence-electron chi connectivity index (χ1n) is 5.03. The lowest BCUT2D eigenvalue weighted by atomic mass is 10.4. The van der Waals surface area contributed by atoms with Gasteiger partial charge < -0.3 is 19.4 Å². The van der Waals surface area contributed by atoms with Crippen LogP contribution in [0.4, 0.5) is 0 Å². The lowest BCUT2D eigenvalue weighted by molar-refractivity contribution is 0.0660. The molecule has 2 N–H and O–H groups in total. The Morgan fingerprint density at radius 1 is 1.47 bits per heavy atom. The molecule has 0 aliphatic rings. The second-order valence-corrected chi connectivity index (χ2v) is 3.35. The lowest BCUT2D eigenvalue weighted by Gasteiger charge is -1.99. The van der Waals surface area contributed by atoms with E-state index in [1.165, 1.54) is 12.5 Å². The summed E-state index contributed by atoms with van der Waals surface area (Å²) in [6.45, 7) is 1.12. The molecular formula is C10H11N3O4. The van der Waals surface area contributed by atoms with Crippen LogP contribution in [0.3, 0.4) is 0 Å². The van der Waals surface area contributed by atoms with E-state index in [1.54, 1.807) is 6.07 Å². The number of nitrogens with one attached hydrogen (secondary N) is 1. The number of hydrogen-bond acceptors (Lipinski definition) is 6. The zero-order valence-electron chi connectivity index (χ0n) is 8.92. The maximum atomic E-state index is 10.6. The van der Waals surface area contributed by atoms with Gasteiger partial charge in [0.05, 0.1) is 6.54 Å². The van der Waals surface area contributed by atoms with Gasteiger partial charge in [-0.3, -0.25) is 0 Å². The predicted octanol–water partition coefficient (Wildman–Crippen LogP) is 0.693. The van der Waals surface area contributed by atoms with Gasteiger partial charge in [0.2, 0.25) is 12.2 Å². The first-order chi connectivity index (χ1) is 8.25. The molecule has 0 saturated carbocycles. The molecule has 2 heterocycles. The van der Waals surface area contributed by atoms with E-state index in [0.29, 0.717) is 31.1 Å². The third-order valence-corrected chi connectivity index (χ3v) is 2.10. The highest BCUT2D eigenvalue weighted by Crippen LogP contribution is 2.07. The quantitative estimate of drug-likeness (QED) is 0.712. The molecule has 90 valence electrons. The van der Waals surface area contributed by atoms with E-state index in [-0.39, 0.29) is 5.76 Å². The average Bonchev–Trinajstić information content (AvgIpc) is 2.96. The van der Waals surface area contributed by atoms with Crippen molar-refractivity contribution in [3.63, 3.8) is 0 Å². The maximum absolute atomic E-state index is 10.6. The second-order valence-electron chi connectivity index (χ2n) is 3.35. The number of furan rings is 1. The fraction of sp³-hybridized carbons (Fsp3) is 0.300. The summed E-state index contributed by atoms with van der Waals surface area (Å²) in [6, 6.07) is 3.06. The molecule has 0 aliphatic heterocycles. The van der Waals surface area contributed by atoms with Gasteiger partial charge in [0, 0.05) is 13.0 Å². The smallest absolute Gasteiger partial charge is 0.371 e. The van der Waals surface area contributed by atoms with Crippen LogP contribution in [0.25, 0.3) is 0 Å². The van der Waals surface area contributed by atoms with Gasteiger partial charge >= 0.3 is 5.97 Å². The molecule has 0 aromatic carbocycles. The van der Waals surface area contributed by atoms with Crippen molar-refractivity contribution in [3.05, 3.63) is 35.9 Å². The fourth-order valence-corrected chi connectivity index (χ4v) is 1.30. The molecule has 0 fully saturated rings. The molecule has 0 bridgehead atoms. The van der Waals surface area contributed by atoms with Crippen LogP contribution in [-0.2, 0) is 13.0 Å². The SMILES string of the molecule is O=C(O)c1ccc(CNCCc2ncon2)o1. The van der Waals surface area contributed by atoms with Crippen LogP contribution < -0.4 is 5.32 Å². The van der Waals surface area contributed by atoms with Crippen molar-refractivity contribution in [2.75, 3.05) is 6.54 Å². The molecule has 0 amide bonds. The fourth-order valence-electron chi connectivity index (χ4n) is 1.30. The van der Waals surface area contributed by atoms with E-state index in [4.69, 9.17) is 9.52 Å². The summed E-state index contributed by atoms with van der Waals surface area (Å²) in [4.78, 5) is 14.4. The van der Waals surface area contributed by atoms with E-state index < -0.39 is 5.97 Å². The number of nitrogens with zero attached hydrogens (tertiary/aromatic N) is 2. The van der Waals surface area contributed by atoms with E-state index in [1.807, 2.05) is 0 Å². The number of aromatic nitrogens is 2. The van der Waals surface area contributed by atoms with Gasteiger partial charge in [0.1, 0.15) is 5.76 Å². The van der Waals surface area contributed by atoms with Crippen molar-refractivity contribution in [2.24, 2.45) is 0 Å². The summed E-state index contributed by atoms with van der Waals surface area (Å²) < 4.78 is 9.66. The Morgan fingerprint density at radius 2 is 2.35 bits per heavy atom. The Kier molecular flexibility index (Phi) is 3.51. The Hall–Kier alpha value is -2.15. The van der Waals surface area contributed by atoms with Crippen molar-refractivity contribution in [3.8, 4) is 0 Å². The molecule has 0 aliphatic carbocycles. The minimum Gasteiger partial charge on any atom is -0.475 e. The topological polar surface area (TPSA) is 101 Å². The highest BCUT2D eigenvalue weighted by Gasteiger charge is 2.08. The molecule has 0 spiro atoms. The van der Waals surface area contributed by atoms with E-state index in [2.05, 4.69) is 20.0 Å². The van der Waals surface area contributed by atoms with Gasteiger partial charge in [-0.25, -0.2) is 4.79 Å². The standard InChI is InChI=1S/C10H11N3O4/c14-10(15)8-2-1-7(17-8)5-11-4-3-9-12-6-16-13-9/h1-2,6,11H,3-5H2,(H,14,15). The van der Waals surface area contributed by atoms with E-state index in [0.717, 1.165) is 0 Å². The molecule has 2 rings (SSSR count). The summed E-state index contributed by atoms with van der Waals surface area (Å²) in [7, 11) is 0. The Bertz CT molecular complexity index is 477. The zero-order valence-corrected chi connectivity index (χ0v) is 8.92. The summed E-state index contributed by atoms with van der Waals surface area (Å²) in [5.41, 5.74) is 0. The van der Waals surface area contributed by atoms with E-state index in [9.17, 15) is 4.79 Å². The first kappa shape index (κ1) is 11.3. The van der Waals surface area contributed by atoms with Crippen molar-refractivity contribution in [2.45, 2.75) is 13.0 Å². The predicted molar refractivity (Wildman–Crippen MR) is 55.4 cm³/mol. The van der Waals surface area contributed by atoms with Crippen LogP contribution in [0.5, 0.6) is 0 Å². The summed E-state index contributed by atoms with van der Waals surface area (Å²) in [5.74, 6) is 0.0849. The molecule has 7 nitrogen and oxygen atoms in total. The van der Waals surface area contributed by atoms with Crippen molar-refractivity contribution < 1.29 is 18.8 Å². The van der Waals surface area contributed by atoms with Gasteiger partial charge in [-0.1, -0.05) is 5.16 Å². The second kappa shape index (κ2) is 5.26. The molecule has 2 aromatic rings. The molecule has 17 heavy (non-hydrogen) atoms. The van der Waals surface area contributed by atoms with Gasteiger partial charge in [-0.05, 0) is 12.1 Å². The number of rotatable bonds is 6. The molecule has 2 aromatic heterocycles. The third kappa shape index (κ3) is 3.15. The Morgan fingerprint density at radius 3 is 3.00 bits per heavy atom. The molecule has 0 saturated heterocycles. The van der Waals surface area contributed by atoms with Gasteiger partial charge in [-0.15, -0.1) is 0 Å². The van der Waals surface area contributed by atoms with Crippen molar-refractivity contribution >= 4 is 5.97 Å². The van der Waals surface area contributed by atoms with Crippen LogP contribution in [0.2, 0.25) is 0 Å². The highest BCUT2D eigenvalue weighted by atomic mass is 16.5. The highest BCUT2D eigenvalue weighted by molar-refractivity contribution is 5.84. The van der Waals surface area contributed by atoms with Crippen LogP contribution in [-0.4, -0.2) is 27.8 Å². The number of aromatic carboxylic acids is 1. The number of hydrogen-bond donors (Lipinski definition) is 2. The van der Waals surface area contributed by atoms with Gasteiger partial charge in [0.15, 0.2) is 5.82 Å². The third-order valence-electron chi connectivity index (χ3n) is 2.10. The number of carbonyl (C=O) groups is 1. The summed E-state index contributed by atoms with van der Waals surface area (Å²) in [5, 5.41) is 15.4. The summed E-state index contributed by atoms with van der Waals surface area (Å²) >= 11 is 0. The monoisotopic (exact) mass is 237 g/mol. The van der Waals surface area contributed by atoms with Gasteiger partial charge in [-0.2, -0.15) is 4.98 Å². The van der Waals surface area contributed by atoms with Crippen molar-refractivity contribution in [1.29, 1.82) is 0 Å². The van der Waals surface area contributed by atoms with Crippen molar-refractivity contribution in [1.82, 2.24) is 15.5 Å². The molecular weight excluding hydrogens is 226 g/mol. The Balaban J connectivity index is 1.72. The average molecular weight is 237 g/mol. The Labute approximate surface area is 96.4 Å². The van der Waals surface area contributed by atoms with Gasteiger partial charge in [0.25, 0.3) is 0 Å². The molecule has 0 unspecified atom stereocenters. The van der Waals surface area contributed by atoms with Crippen LogP contribution in [0.15, 0.2) is 27.5 Å². The van der Waals surface area contributed by atoms with Crippen LogP contribution in [0.1, 0.15) is 22.1 Å². The first-order valence-corrected chi connectivity index (χ1v) is 5.03. The van der Waals surface area contributed by atoms with E-state index >= 15 is 0 Å². The minimum absolute atomic E-state index is 0.0556. The number of carboxylic acids is 1. The number of carboxylic acid groups (broad SMARTS) is 1. The normalized spacial score (nSPS) is 10.6. The summed E-state index contributed by atoms with van der Waals surface area (Å²) in [6.07, 6.45) is 1.92. The largest absolute Gasteiger partial charge is 0.475 e. The van der Waals surface area contributed by atoms with Crippen LogP contribution >= 0.6 is 0 Å². The molecule has 0 radical (unpaired) electrons. The van der Waals surface area contributed by atoms with Crippen LogP contribution in [0, 0.1) is 0 Å². The lowest BCUT2D eigenvalue weighted by Crippen LogP contribution is -2.16. The minimum atomic E-state index is -1.07. The zero-order chi connectivity index (χ0) is 12.1. The molecule has 7 heteroatoms. The molecule has 0 atom stereocenters. The maximum Gasteiger partial charge on any atom is 0.371 e.